The number of rotatable bonds is 3. The van der Waals surface area contributed by atoms with Gasteiger partial charge in [0.25, 0.3) is 0 Å². The molecule has 0 fully saturated rings. The van der Waals surface area contributed by atoms with Crippen LogP contribution in [0.15, 0.2) is 54.7 Å². The van der Waals surface area contributed by atoms with Crippen molar-refractivity contribution in [2.24, 2.45) is 0 Å². The van der Waals surface area contributed by atoms with Gasteiger partial charge in [0.1, 0.15) is 18.5 Å². The summed E-state index contributed by atoms with van der Waals surface area (Å²) < 4.78 is 26.4. The number of fused-ring (bicyclic) bond motifs is 4. The summed E-state index contributed by atoms with van der Waals surface area (Å²) in [6, 6.07) is 13.2. The van der Waals surface area contributed by atoms with Gasteiger partial charge in [-0.1, -0.05) is 18.2 Å². The van der Waals surface area contributed by atoms with Crippen LogP contribution in [0.3, 0.4) is 0 Å². The van der Waals surface area contributed by atoms with Crippen LogP contribution in [-0.2, 0) is 0 Å². The fourth-order valence-electron chi connectivity index (χ4n) is 4.76. The molecule has 5 nitrogen and oxygen atoms in total. The maximum Gasteiger partial charge on any atom is 0.171 e. The molecule has 0 spiro atoms. The molecule has 0 bridgehead atoms. The molecule has 0 amide bonds. The Bertz CT molecular complexity index is 1360. The quantitative estimate of drug-likeness (QED) is 0.493. The third kappa shape index (κ3) is 3.31. The van der Waals surface area contributed by atoms with Gasteiger partial charge in [-0.05, 0) is 49.2 Å². The lowest BCUT2D eigenvalue weighted by Gasteiger charge is -2.33. The zero-order valence-electron chi connectivity index (χ0n) is 17.9. The van der Waals surface area contributed by atoms with Crippen molar-refractivity contribution in [1.82, 2.24) is 14.9 Å². The van der Waals surface area contributed by atoms with Crippen LogP contribution in [0.1, 0.15) is 17.7 Å². The summed E-state index contributed by atoms with van der Waals surface area (Å²) in [7, 11) is 0. The normalized spacial score (nSPS) is 18.8. The van der Waals surface area contributed by atoms with Gasteiger partial charge < -0.3 is 14.5 Å². The predicted molar refractivity (Wildman–Crippen MR) is 124 cm³/mol. The van der Waals surface area contributed by atoms with E-state index in [4.69, 9.17) is 9.47 Å². The average molecular weight is 429 g/mol. The summed E-state index contributed by atoms with van der Waals surface area (Å²) in [5.41, 5.74) is 4.85. The predicted octanol–water partition coefficient (Wildman–Crippen LogP) is 5.09. The number of halogens is 1. The van der Waals surface area contributed by atoms with E-state index in [-0.39, 0.29) is 11.9 Å². The molecule has 0 saturated heterocycles. The highest BCUT2D eigenvalue weighted by atomic mass is 19.1. The standard InChI is InChI=1S/C26H24FN3O2/c1-16-5-6-20-23(29-16)7-8-24-26(20)32-18(15-31-24)14-30-11-9-17(10-12-30)21-13-28-25-19(21)3-2-4-22(25)27/h2-9,13,18,28H,10-12,14-15H2,1H3. The van der Waals surface area contributed by atoms with Gasteiger partial charge in [-0.15, -0.1) is 0 Å². The summed E-state index contributed by atoms with van der Waals surface area (Å²) >= 11 is 0. The Kier molecular flexibility index (Phi) is 4.61. The molecule has 1 atom stereocenters. The van der Waals surface area contributed by atoms with Gasteiger partial charge in [-0.3, -0.25) is 9.88 Å². The number of nitrogens with one attached hydrogen (secondary N) is 1. The molecule has 2 aromatic carbocycles. The number of aromatic amines is 1. The van der Waals surface area contributed by atoms with Crippen LogP contribution in [0, 0.1) is 12.7 Å². The fraction of sp³-hybridized carbons (Fsp3) is 0.269. The third-order valence-corrected chi connectivity index (χ3v) is 6.40. The minimum Gasteiger partial charge on any atom is -0.486 e. The summed E-state index contributed by atoms with van der Waals surface area (Å²) in [6.07, 6.45) is 5.05. The topological polar surface area (TPSA) is 50.4 Å². The van der Waals surface area contributed by atoms with Crippen molar-refractivity contribution in [2.45, 2.75) is 19.4 Å². The second kappa shape index (κ2) is 7.64. The molecule has 1 N–H and O–H groups in total. The highest BCUT2D eigenvalue weighted by molar-refractivity contribution is 5.93. The lowest BCUT2D eigenvalue weighted by molar-refractivity contribution is 0.0632. The van der Waals surface area contributed by atoms with E-state index in [9.17, 15) is 4.39 Å². The van der Waals surface area contributed by atoms with Crippen LogP contribution in [0.25, 0.3) is 27.4 Å². The summed E-state index contributed by atoms with van der Waals surface area (Å²) in [6.45, 7) is 5.08. The van der Waals surface area contributed by atoms with E-state index < -0.39 is 0 Å². The van der Waals surface area contributed by atoms with E-state index in [0.717, 1.165) is 65.1 Å². The first-order valence-corrected chi connectivity index (χ1v) is 11.0. The average Bonchev–Trinajstić information content (AvgIpc) is 3.25. The first-order chi connectivity index (χ1) is 15.7. The number of para-hydroxylation sites is 1. The van der Waals surface area contributed by atoms with E-state index >= 15 is 0 Å². The molecule has 4 aromatic rings. The van der Waals surface area contributed by atoms with Crippen LogP contribution in [0.2, 0.25) is 0 Å². The number of aryl methyl sites for hydroxylation is 1. The minimum absolute atomic E-state index is 0.0356. The van der Waals surface area contributed by atoms with E-state index in [1.54, 1.807) is 6.07 Å². The van der Waals surface area contributed by atoms with Gasteiger partial charge in [0, 0.05) is 47.9 Å². The van der Waals surface area contributed by atoms with Crippen LogP contribution >= 0.6 is 0 Å². The van der Waals surface area contributed by atoms with Crippen LogP contribution in [0.5, 0.6) is 11.5 Å². The summed E-state index contributed by atoms with van der Waals surface area (Å²) in [4.78, 5) is 10.1. The molecule has 2 aliphatic rings. The Labute approximate surface area is 185 Å². The Morgan fingerprint density at radius 2 is 2.09 bits per heavy atom. The van der Waals surface area contributed by atoms with E-state index in [1.165, 1.54) is 11.6 Å². The van der Waals surface area contributed by atoms with Crippen molar-refractivity contribution in [3.63, 3.8) is 0 Å². The molecule has 2 aromatic heterocycles. The van der Waals surface area contributed by atoms with Gasteiger partial charge >= 0.3 is 0 Å². The third-order valence-electron chi connectivity index (χ3n) is 6.40. The van der Waals surface area contributed by atoms with E-state index in [0.29, 0.717) is 12.1 Å². The largest absolute Gasteiger partial charge is 0.486 e. The second-order valence-electron chi connectivity index (χ2n) is 8.57. The van der Waals surface area contributed by atoms with Gasteiger partial charge in [0.05, 0.1) is 11.0 Å². The van der Waals surface area contributed by atoms with Crippen molar-refractivity contribution in [1.29, 1.82) is 0 Å². The molecule has 6 rings (SSSR count). The van der Waals surface area contributed by atoms with Crippen molar-refractivity contribution >= 4 is 27.4 Å². The van der Waals surface area contributed by atoms with Crippen molar-refractivity contribution in [3.05, 3.63) is 71.8 Å². The number of ether oxygens (including phenoxy) is 2. The molecule has 2 aliphatic heterocycles. The summed E-state index contributed by atoms with van der Waals surface area (Å²) in [5, 5.41) is 1.94. The van der Waals surface area contributed by atoms with Crippen molar-refractivity contribution in [3.8, 4) is 11.5 Å². The Balaban J connectivity index is 1.18. The molecular weight excluding hydrogens is 405 g/mol. The zero-order chi connectivity index (χ0) is 21.7. The van der Waals surface area contributed by atoms with Gasteiger partial charge in [0.2, 0.25) is 0 Å². The maximum atomic E-state index is 14.0. The molecule has 32 heavy (non-hydrogen) atoms. The minimum atomic E-state index is -0.209. The molecule has 0 saturated carbocycles. The molecule has 162 valence electrons. The molecule has 0 aliphatic carbocycles. The first kappa shape index (κ1) is 19.3. The number of H-pyrrole nitrogens is 1. The monoisotopic (exact) mass is 429 g/mol. The van der Waals surface area contributed by atoms with Gasteiger partial charge in [-0.2, -0.15) is 0 Å². The van der Waals surface area contributed by atoms with E-state index in [2.05, 4.69) is 27.0 Å². The lowest BCUT2D eigenvalue weighted by Crippen LogP contribution is -2.42. The van der Waals surface area contributed by atoms with Crippen LogP contribution < -0.4 is 9.47 Å². The van der Waals surface area contributed by atoms with Gasteiger partial charge in [0.15, 0.2) is 11.5 Å². The number of nitrogens with zero attached hydrogens (tertiary/aromatic N) is 2. The Morgan fingerprint density at radius 1 is 1.16 bits per heavy atom. The van der Waals surface area contributed by atoms with Crippen LogP contribution in [0.4, 0.5) is 4.39 Å². The number of pyridine rings is 1. The zero-order valence-corrected chi connectivity index (χ0v) is 17.9. The molecule has 6 heteroatoms. The van der Waals surface area contributed by atoms with Gasteiger partial charge in [-0.25, -0.2) is 4.39 Å². The molecule has 0 radical (unpaired) electrons. The van der Waals surface area contributed by atoms with Crippen molar-refractivity contribution in [2.75, 3.05) is 26.2 Å². The molecular formula is C26H24FN3O2. The Morgan fingerprint density at radius 3 is 2.97 bits per heavy atom. The number of benzene rings is 2. The number of hydrogen-bond donors (Lipinski definition) is 1. The van der Waals surface area contributed by atoms with Crippen molar-refractivity contribution < 1.29 is 13.9 Å². The highest BCUT2D eigenvalue weighted by Crippen LogP contribution is 2.38. The number of hydrogen-bond acceptors (Lipinski definition) is 4. The van der Waals surface area contributed by atoms with Crippen LogP contribution in [-0.4, -0.2) is 47.2 Å². The summed E-state index contributed by atoms with van der Waals surface area (Å²) in [5.74, 6) is 1.37. The lowest BCUT2D eigenvalue weighted by atomic mass is 9.98. The maximum absolute atomic E-state index is 14.0. The highest BCUT2D eigenvalue weighted by Gasteiger charge is 2.26. The van der Waals surface area contributed by atoms with E-state index in [1.807, 2.05) is 37.4 Å². The molecule has 4 heterocycles. The SMILES string of the molecule is Cc1ccc2c3c(ccc2n1)OCC(CN1CC=C(c2c[nH]c4c(F)cccc24)CC1)O3. The number of aromatic nitrogens is 2. The second-order valence-corrected chi connectivity index (χ2v) is 8.57. The Hall–Kier alpha value is -3.38. The fourth-order valence-corrected chi connectivity index (χ4v) is 4.76. The molecule has 1 unspecified atom stereocenters. The smallest absolute Gasteiger partial charge is 0.171 e. The first-order valence-electron chi connectivity index (χ1n) is 11.0.